The highest BCUT2D eigenvalue weighted by Gasteiger charge is 2.43. The van der Waals surface area contributed by atoms with Gasteiger partial charge in [0.25, 0.3) is 0 Å². The molecule has 0 amide bonds. The van der Waals surface area contributed by atoms with Gasteiger partial charge in [-0.3, -0.25) is 9.69 Å². The molecule has 4 rings (SSSR count). The van der Waals surface area contributed by atoms with E-state index in [4.69, 9.17) is 15.2 Å². The summed E-state index contributed by atoms with van der Waals surface area (Å²) in [6, 6.07) is 22.7. The van der Waals surface area contributed by atoms with E-state index in [9.17, 15) is 24.8 Å². The van der Waals surface area contributed by atoms with Crippen LogP contribution in [0, 0.1) is 11.3 Å². The maximum atomic E-state index is 13.1. The topological polar surface area (TPSA) is 143 Å². The van der Waals surface area contributed by atoms with Gasteiger partial charge in [-0.05, 0) is 54.1 Å². The largest absolute Gasteiger partial charge is 0.508 e. The van der Waals surface area contributed by atoms with Gasteiger partial charge in [0.1, 0.15) is 17.3 Å². The Morgan fingerprint density at radius 2 is 1.42 bits per heavy atom. The van der Waals surface area contributed by atoms with Crippen molar-refractivity contribution in [3.63, 3.8) is 0 Å². The Bertz CT molecular complexity index is 1500. The number of benzene rings is 3. The predicted octanol–water partition coefficient (Wildman–Crippen LogP) is 3.52. The van der Waals surface area contributed by atoms with Crippen molar-refractivity contribution in [1.29, 1.82) is 5.26 Å². The van der Waals surface area contributed by atoms with Crippen LogP contribution in [-0.4, -0.2) is 37.0 Å². The van der Waals surface area contributed by atoms with Gasteiger partial charge in [0.2, 0.25) is 0 Å². The number of anilines is 1. The fraction of sp³-hybridized carbons (Fsp3) is 0.103. The molecule has 0 radical (unpaired) electrons. The number of carbonyl (C=O) groups is 3. The lowest BCUT2D eigenvalue weighted by Gasteiger charge is -2.35. The molecule has 1 unspecified atom stereocenters. The number of nitriles is 1. The van der Waals surface area contributed by atoms with E-state index in [0.717, 1.165) is 0 Å². The molecule has 0 spiro atoms. The van der Waals surface area contributed by atoms with Crippen LogP contribution in [0.3, 0.4) is 0 Å². The van der Waals surface area contributed by atoms with Crippen molar-refractivity contribution >= 4 is 23.4 Å². The van der Waals surface area contributed by atoms with E-state index in [1.165, 1.54) is 67.7 Å². The number of hydrogen-bond acceptors (Lipinski definition) is 9. The molecule has 1 aliphatic rings. The Labute approximate surface area is 218 Å². The van der Waals surface area contributed by atoms with E-state index in [2.05, 4.69) is 6.07 Å². The lowest BCUT2D eigenvalue weighted by Crippen LogP contribution is -2.40. The van der Waals surface area contributed by atoms with Crippen LogP contribution in [0.25, 0.3) is 0 Å². The van der Waals surface area contributed by atoms with Gasteiger partial charge in [0.05, 0.1) is 37.4 Å². The maximum Gasteiger partial charge on any atom is 0.355 e. The average Bonchev–Trinajstić information content (AvgIpc) is 2.96. The second kappa shape index (κ2) is 10.7. The molecule has 38 heavy (non-hydrogen) atoms. The number of nitrogens with zero attached hydrogens (tertiary/aromatic N) is 2. The molecular formula is C29H23N3O6. The monoisotopic (exact) mass is 509 g/mol. The van der Waals surface area contributed by atoms with Gasteiger partial charge < -0.3 is 20.3 Å². The van der Waals surface area contributed by atoms with Gasteiger partial charge in [-0.25, -0.2) is 9.59 Å². The molecule has 1 heterocycles. The fourth-order valence-electron chi connectivity index (χ4n) is 4.32. The third-order valence-corrected chi connectivity index (χ3v) is 6.13. The predicted molar refractivity (Wildman–Crippen MR) is 138 cm³/mol. The van der Waals surface area contributed by atoms with Crippen LogP contribution in [0.4, 0.5) is 5.69 Å². The molecule has 0 fully saturated rings. The summed E-state index contributed by atoms with van der Waals surface area (Å²) in [4.78, 5) is 40.4. The SMILES string of the molecule is COC(=O)C1=C(C(=O)OC)N(c2ccc(C(=O)c3ccc(O)cc3)cc2)C(N)=C(C#N)C1c1ccccc1. The van der Waals surface area contributed by atoms with Gasteiger partial charge in [0.15, 0.2) is 5.78 Å². The van der Waals surface area contributed by atoms with E-state index in [1.807, 2.05) is 0 Å². The lowest BCUT2D eigenvalue weighted by molar-refractivity contribution is -0.139. The summed E-state index contributed by atoms with van der Waals surface area (Å²) in [7, 11) is 2.34. The van der Waals surface area contributed by atoms with E-state index in [-0.39, 0.29) is 34.2 Å². The molecule has 0 aliphatic carbocycles. The Morgan fingerprint density at radius 3 is 1.95 bits per heavy atom. The fourth-order valence-corrected chi connectivity index (χ4v) is 4.32. The first-order chi connectivity index (χ1) is 18.3. The zero-order valence-corrected chi connectivity index (χ0v) is 20.5. The summed E-state index contributed by atoms with van der Waals surface area (Å²) < 4.78 is 10.0. The van der Waals surface area contributed by atoms with Crippen LogP contribution in [-0.2, 0) is 19.1 Å². The number of nitrogens with two attached hydrogens (primary N) is 1. The third-order valence-electron chi connectivity index (χ3n) is 6.13. The zero-order valence-electron chi connectivity index (χ0n) is 20.5. The lowest BCUT2D eigenvalue weighted by atomic mass is 9.81. The first kappa shape index (κ1) is 25.7. The molecule has 0 saturated heterocycles. The molecule has 3 aromatic rings. The summed E-state index contributed by atoms with van der Waals surface area (Å²) in [5.41, 5.74) is 7.77. The molecule has 9 heteroatoms. The average molecular weight is 510 g/mol. The Hall–Kier alpha value is -5.36. The highest BCUT2D eigenvalue weighted by atomic mass is 16.5. The molecule has 1 atom stereocenters. The molecule has 0 bridgehead atoms. The second-order valence-corrected chi connectivity index (χ2v) is 8.26. The van der Waals surface area contributed by atoms with Crippen LogP contribution in [0.2, 0.25) is 0 Å². The van der Waals surface area contributed by atoms with Gasteiger partial charge in [0, 0.05) is 16.8 Å². The summed E-state index contributed by atoms with van der Waals surface area (Å²) >= 11 is 0. The smallest absolute Gasteiger partial charge is 0.355 e. The van der Waals surface area contributed by atoms with Crippen molar-refractivity contribution in [3.05, 3.63) is 118 Å². The minimum absolute atomic E-state index is 0.0356. The summed E-state index contributed by atoms with van der Waals surface area (Å²) in [6.07, 6.45) is 0. The summed E-state index contributed by atoms with van der Waals surface area (Å²) in [6.45, 7) is 0. The van der Waals surface area contributed by atoms with Gasteiger partial charge in [-0.15, -0.1) is 0 Å². The maximum absolute atomic E-state index is 13.1. The number of phenols is 1. The van der Waals surface area contributed by atoms with E-state index in [0.29, 0.717) is 22.4 Å². The first-order valence-electron chi connectivity index (χ1n) is 11.4. The highest BCUT2D eigenvalue weighted by molar-refractivity contribution is 6.09. The number of ketones is 1. The number of esters is 2. The molecule has 9 nitrogen and oxygen atoms in total. The highest BCUT2D eigenvalue weighted by Crippen LogP contribution is 2.43. The standard InChI is InChI=1S/C29H23N3O6/c1-37-28(35)24-23(17-6-4-3-5-7-17)22(16-30)27(31)32(25(24)29(36)38-2)20-12-8-18(9-13-20)26(34)19-10-14-21(33)15-11-19/h3-15,23,33H,31H2,1-2H3. The van der Waals surface area contributed by atoms with Gasteiger partial charge >= 0.3 is 11.9 Å². The Balaban J connectivity index is 1.88. The van der Waals surface area contributed by atoms with Crippen LogP contribution in [0.15, 0.2) is 102 Å². The van der Waals surface area contributed by atoms with Gasteiger partial charge in [-0.2, -0.15) is 5.26 Å². The number of phenolic OH excluding ortho intramolecular Hbond substituents is 1. The van der Waals surface area contributed by atoms with Crippen molar-refractivity contribution in [2.75, 3.05) is 19.1 Å². The number of carbonyl (C=O) groups excluding carboxylic acids is 3. The number of ether oxygens (including phenoxy) is 2. The quantitative estimate of drug-likeness (QED) is 0.377. The van der Waals surface area contributed by atoms with Crippen LogP contribution in [0.5, 0.6) is 5.75 Å². The van der Waals surface area contributed by atoms with Crippen molar-refractivity contribution < 1.29 is 29.0 Å². The minimum atomic E-state index is -0.977. The van der Waals surface area contributed by atoms with Crippen molar-refractivity contribution in [2.24, 2.45) is 5.73 Å². The molecule has 1 aliphatic heterocycles. The normalized spacial score (nSPS) is 15.1. The zero-order chi connectivity index (χ0) is 27.4. The molecule has 0 aromatic heterocycles. The second-order valence-electron chi connectivity index (χ2n) is 8.26. The van der Waals surface area contributed by atoms with E-state index in [1.54, 1.807) is 30.3 Å². The Kier molecular flexibility index (Phi) is 7.26. The van der Waals surface area contributed by atoms with Crippen molar-refractivity contribution in [3.8, 4) is 11.8 Å². The minimum Gasteiger partial charge on any atom is -0.508 e. The number of hydrogen-bond donors (Lipinski definition) is 2. The number of rotatable bonds is 6. The molecule has 3 aromatic carbocycles. The Morgan fingerprint density at radius 1 is 0.868 bits per heavy atom. The number of aromatic hydroxyl groups is 1. The molecular weight excluding hydrogens is 486 g/mol. The number of methoxy groups -OCH3 is 2. The molecule has 3 N–H and O–H groups in total. The first-order valence-corrected chi connectivity index (χ1v) is 11.4. The van der Waals surface area contributed by atoms with Crippen LogP contribution < -0.4 is 10.6 Å². The molecule has 190 valence electrons. The summed E-state index contributed by atoms with van der Waals surface area (Å²) in [5, 5.41) is 19.6. The van der Waals surface area contributed by atoms with Crippen LogP contribution in [0.1, 0.15) is 27.4 Å². The van der Waals surface area contributed by atoms with E-state index < -0.39 is 17.9 Å². The van der Waals surface area contributed by atoms with Gasteiger partial charge in [-0.1, -0.05) is 30.3 Å². The number of allylic oxidation sites excluding steroid dienone is 1. The third kappa shape index (κ3) is 4.58. The summed E-state index contributed by atoms with van der Waals surface area (Å²) in [5.74, 6) is -3.00. The molecule has 0 saturated carbocycles. The van der Waals surface area contributed by atoms with Crippen molar-refractivity contribution in [2.45, 2.75) is 5.92 Å². The van der Waals surface area contributed by atoms with E-state index >= 15 is 0 Å². The van der Waals surface area contributed by atoms with Crippen molar-refractivity contribution in [1.82, 2.24) is 0 Å². The van der Waals surface area contributed by atoms with Crippen LogP contribution >= 0.6 is 0 Å².